The minimum atomic E-state index is -1.73. The second-order valence-electron chi connectivity index (χ2n) is 6.91. The Labute approximate surface area is 163 Å². The molecule has 4 atom stereocenters. The van der Waals surface area contributed by atoms with Gasteiger partial charge >= 0.3 is 11.9 Å². The monoisotopic (exact) mass is 388 g/mol. The van der Waals surface area contributed by atoms with Crippen LogP contribution in [0.3, 0.4) is 0 Å². The number of aliphatic hydroxyl groups is 1. The fourth-order valence-electron chi connectivity index (χ4n) is 3.57. The van der Waals surface area contributed by atoms with Crippen molar-refractivity contribution >= 4 is 17.7 Å². The Morgan fingerprint density at radius 3 is 2.21 bits per heavy atom. The van der Waals surface area contributed by atoms with E-state index in [4.69, 9.17) is 9.47 Å². The average molecular weight is 388 g/mol. The van der Waals surface area contributed by atoms with Crippen molar-refractivity contribution in [1.82, 2.24) is 0 Å². The molecule has 0 saturated heterocycles. The Balaban J connectivity index is 2.56. The average Bonchev–Trinajstić information content (AvgIpc) is 2.63. The molecule has 0 heterocycles. The van der Waals surface area contributed by atoms with Gasteiger partial charge in [-0.15, -0.1) is 0 Å². The maximum Gasteiger partial charge on any atom is 0.317 e. The largest absolute Gasteiger partial charge is 0.508 e. The maximum absolute atomic E-state index is 12.8. The van der Waals surface area contributed by atoms with E-state index in [0.29, 0.717) is 5.56 Å². The van der Waals surface area contributed by atoms with Gasteiger partial charge in [0.2, 0.25) is 0 Å². The molecule has 0 bridgehead atoms. The summed E-state index contributed by atoms with van der Waals surface area (Å²) in [7, 11) is 0. The molecule has 7 nitrogen and oxygen atoms in total. The number of esters is 2. The second-order valence-corrected chi connectivity index (χ2v) is 6.91. The number of phenolic OH excluding ortho intramolecular Hbond substituents is 1. The molecule has 1 fully saturated rings. The smallest absolute Gasteiger partial charge is 0.317 e. The standard InChI is InChI=1S/C21H24O7/c1-4-10-27-19(24)17-15(23)12-21(3,26)18(20(25)28-11-5-2)16(17)13-6-8-14(22)9-7-13/h4-9,16-18,22,26H,1-2,10-12H2,3H3/t16-,17-,18+,21+/m1/s1. The summed E-state index contributed by atoms with van der Waals surface area (Å²) >= 11 is 0. The van der Waals surface area contributed by atoms with Gasteiger partial charge in [-0.2, -0.15) is 0 Å². The maximum atomic E-state index is 12.8. The molecule has 1 aliphatic carbocycles. The van der Waals surface area contributed by atoms with E-state index in [1.807, 2.05) is 0 Å². The van der Waals surface area contributed by atoms with Crippen molar-refractivity contribution in [2.45, 2.75) is 24.9 Å². The molecule has 0 aliphatic heterocycles. The summed E-state index contributed by atoms with van der Waals surface area (Å²) in [6, 6.07) is 5.75. The number of phenols is 1. The molecule has 0 aromatic heterocycles. The fourth-order valence-corrected chi connectivity index (χ4v) is 3.57. The highest BCUT2D eigenvalue weighted by molar-refractivity contribution is 6.02. The van der Waals surface area contributed by atoms with Gasteiger partial charge in [0, 0.05) is 12.3 Å². The fraction of sp³-hybridized carbons (Fsp3) is 0.381. The summed E-state index contributed by atoms with van der Waals surface area (Å²) in [5.41, 5.74) is -1.31. The molecule has 1 saturated carbocycles. The summed E-state index contributed by atoms with van der Waals surface area (Å²) in [5, 5.41) is 20.4. The van der Waals surface area contributed by atoms with Crippen molar-refractivity contribution in [1.29, 1.82) is 0 Å². The number of carbonyl (C=O) groups is 3. The van der Waals surface area contributed by atoms with Gasteiger partial charge in [-0.05, 0) is 24.6 Å². The minimum absolute atomic E-state index is 0.0192. The van der Waals surface area contributed by atoms with Crippen LogP contribution in [0.4, 0.5) is 0 Å². The summed E-state index contributed by atoms with van der Waals surface area (Å²) in [6.45, 7) is 8.15. The summed E-state index contributed by atoms with van der Waals surface area (Å²) in [5.74, 6) is -5.63. The number of rotatable bonds is 7. The van der Waals surface area contributed by atoms with E-state index < -0.39 is 47.5 Å². The number of hydrogen-bond acceptors (Lipinski definition) is 7. The molecule has 1 aliphatic rings. The lowest BCUT2D eigenvalue weighted by molar-refractivity contribution is -0.171. The normalized spacial score (nSPS) is 26.9. The molecular formula is C21H24O7. The van der Waals surface area contributed by atoms with Crippen molar-refractivity contribution in [2.75, 3.05) is 13.2 Å². The number of aromatic hydroxyl groups is 1. The predicted octanol–water partition coefficient (Wildman–Crippen LogP) is 1.89. The van der Waals surface area contributed by atoms with E-state index in [-0.39, 0.29) is 19.0 Å². The Morgan fingerprint density at radius 2 is 1.68 bits per heavy atom. The zero-order chi connectivity index (χ0) is 20.9. The third-order valence-corrected chi connectivity index (χ3v) is 4.74. The van der Waals surface area contributed by atoms with Crippen LogP contribution in [0.1, 0.15) is 24.8 Å². The van der Waals surface area contributed by atoms with Crippen molar-refractivity contribution in [2.24, 2.45) is 11.8 Å². The molecule has 2 N–H and O–H groups in total. The summed E-state index contributed by atoms with van der Waals surface area (Å²) < 4.78 is 10.2. The molecular weight excluding hydrogens is 364 g/mol. The highest BCUT2D eigenvalue weighted by atomic mass is 16.5. The zero-order valence-electron chi connectivity index (χ0n) is 15.7. The lowest BCUT2D eigenvalue weighted by atomic mass is 9.61. The molecule has 150 valence electrons. The SMILES string of the molecule is C=CCOC(=O)[C@@H]1C(=O)C[C@](C)(O)[C@H](C(=O)OCC=C)[C@@H]1c1ccc(O)cc1. The number of ether oxygens (including phenoxy) is 2. The highest BCUT2D eigenvalue weighted by Crippen LogP contribution is 2.46. The first-order chi connectivity index (χ1) is 13.2. The first-order valence-electron chi connectivity index (χ1n) is 8.82. The van der Waals surface area contributed by atoms with Crippen LogP contribution in [0, 0.1) is 11.8 Å². The lowest BCUT2D eigenvalue weighted by Crippen LogP contribution is -2.55. The van der Waals surface area contributed by atoms with Gasteiger partial charge < -0.3 is 19.7 Å². The Kier molecular flexibility index (Phi) is 6.75. The van der Waals surface area contributed by atoms with Crippen molar-refractivity contribution < 1.29 is 34.1 Å². The molecule has 0 unspecified atom stereocenters. The lowest BCUT2D eigenvalue weighted by Gasteiger charge is -2.43. The van der Waals surface area contributed by atoms with Crippen LogP contribution in [0.5, 0.6) is 5.75 Å². The Hall–Kier alpha value is -2.93. The zero-order valence-corrected chi connectivity index (χ0v) is 15.7. The molecule has 0 spiro atoms. The van der Waals surface area contributed by atoms with E-state index in [2.05, 4.69) is 13.2 Å². The van der Waals surface area contributed by atoms with Crippen LogP contribution in [-0.4, -0.2) is 46.7 Å². The molecule has 1 aromatic rings. The number of hydrogen-bond donors (Lipinski definition) is 2. The predicted molar refractivity (Wildman–Crippen MR) is 100 cm³/mol. The summed E-state index contributed by atoms with van der Waals surface area (Å²) in [6.07, 6.45) is 2.35. The van der Waals surface area contributed by atoms with Gasteiger partial charge in [0.15, 0.2) is 5.78 Å². The first kappa shape index (κ1) is 21.4. The topological polar surface area (TPSA) is 110 Å². The molecule has 0 amide bonds. The van der Waals surface area contributed by atoms with Gasteiger partial charge in [-0.1, -0.05) is 37.4 Å². The molecule has 2 rings (SSSR count). The number of carbonyl (C=O) groups excluding carboxylic acids is 3. The van der Waals surface area contributed by atoms with E-state index in [1.54, 1.807) is 0 Å². The van der Waals surface area contributed by atoms with E-state index >= 15 is 0 Å². The Morgan fingerprint density at radius 1 is 1.14 bits per heavy atom. The quantitative estimate of drug-likeness (QED) is 0.417. The molecule has 1 aromatic carbocycles. The second kappa shape index (κ2) is 8.84. The van der Waals surface area contributed by atoms with Gasteiger partial charge in [-0.3, -0.25) is 14.4 Å². The van der Waals surface area contributed by atoms with Crippen LogP contribution in [0.2, 0.25) is 0 Å². The molecule has 28 heavy (non-hydrogen) atoms. The van der Waals surface area contributed by atoms with Crippen LogP contribution in [0.15, 0.2) is 49.6 Å². The molecule has 7 heteroatoms. The van der Waals surface area contributed by atoms with E-state index in [0.717, 1.165) is 0 Å². The number of Topliss-reactive ketones (excluding diaryl/α,β-unsaturated/α-hetero) is 1. The van der Waals surface area contributed by atoms with Gasteiger partial charge in [-0.25, -0.2) is 0 Å². The third kappa shape index (κ3) is 4.48. The van der Waals surface area contributed by atoms with Crippen LogP contribution < -0.4 is 0 Å². The van der Waals surface area contributed by atoms with Crippen molar-refractivity contribution in [3.63, 3.8) is 0 Å². The third-order valence-electron chi connectivity index (χ3n) is 4.74. The minimum Gasteiger partial charge on any atom is -0.508 e. The van der Waals surface area contributed by atoms with E-state index in [9.17, 15) is 24.6 Å². The Bertz CT molecular complexity index is 763. The van der Waals surface area contributed by atoms with Crippen LogP contribution >= 0.6 is 0 Å². The highest BCUT2D eigenvalue weighted by Gasteiger charge is 2.57. The number of ketones is 1. The van der Waals surface area contributed by atoms with Gasteiger partial charge in [0.1, 0.15) is 24.9 Å². The van der Waals surface area contributed by atoms with Crippen LogP contribution in [-0.2, 0) is 23.9 Å². The van der Waals surface area contributed by atoms with Gasteiger partial charge in [0.25, 0.3) is 0 Å². The van der Waals surface area contributed by atoms with Crippen molar-refractivity contribution in [3.05, 3.63) is 55.1 Å². The van der Waals surface area contributed by atoms with Crippen LogP contribution in [0.25, 0.3) is 0 Å². The number of benzene rings is 1. The van der Waals surface area contributed by atoms with E-state index in [1.165, 1.54) is 43.3 Å². The van der Waals surface area contributed by atoms with Crippen molar-refractivity contribution in [3.8, 4) is 5.75 Å². The summed E-state index contributed by atoms with van der Waals surface area (Å²) in [4.78, 5) is 38.1. The molecule has 0 radical (unpaired) electrons. The first-order valence-corrected chi connectivity index (χ1v) is 8.82. The van der Waals surface area contributed by atoms with Gasteiger partial charge in [0.05, 0.1) is 11.5 Å².